The fourth-order valence-electron chi connectivity index (χ4n) is 1.54. The minimum atomic E-state index is -0.893. The van der Waals surface area contributed by atoms with Crippen molar-refractivity contribution in [1.82, 2.24) is 20.5 Å². The van der Waals surface area contributed by atoms with Crippen LogP contribution in [0, 0.1) is 11.8 Å². The number of nitrogens with one attached hydrogen (secondary N) is 2. The van der Waals surface area contributed by atoms with Crippen molar-refractivity contribution in [2.24, 2.45) is 11.8 Å². The van der Waals surface area contributed by atoms with Gasteiger partial charge in [-0.2, -0.15) is 5.10 Å². The summed E-state index contributed by atoms with van der Waals surface area (Å²) in [4.78, 5) is 25.9. The first-order valence-electron chi connectivity index (χ1n) is 5.03. The Morgan fingerprint density at radius 1 is 1.56 bits per heavy atom. The second-order valence-electron chi connectivity index (χ2n) is 3.76. The minimum Gasteiger partial charge on any atom is -0.481 e. The minimum absolute atomic E-state index is 0.188. The molecular weight excluding hydrogens is 212 g/mol. The largest absolute Gasteiger partial charge is 0.481 e. The Morgan fingerprint density at radius 2 is 2.38 bits per heavy atom. The van der Waals surface area contributed by atoms with Gasteiger partial charge >= 0.3 is 5.97 Å². The zero-order chi connectivity index (χ0) is 11.5. The van der Waals surface area contributed by atoms with Gasteiger partial charge in [0.1, 0.15) is 12.2 Å². The molecule has 7 nitrogen and oxygen atoms in total. The summed E-state index contributed by atoms with van der Waals surface area (Å²) in [5.41, 5.74) is 0. The van der Waals surface area contributed by atoms with Gasteiger partial charge in [-0.05, 0) is 6.42 Å². The van der Waals surface area contributed by atoms with E-state index >= 15 is 0 Å². The Kier molecular flexibility index (Phi) is 2.84. The summed E-state index contributed by atoms with van der Waals surface area (Å²) in [6, 6.07) is 0. The Bertz CT molecular complexity index is 389. The first-order valence-corrected chi connectivity index (χ1v) is 5.03. The average molecular weight is 224 g/mol. The number of carbonyl (C=O) groups is 2. The van der Waals surface area contributed by atoms with E-state index in [2.05, 4.69) is 20.5 Å². The number of aromatic nitrogens is 3. The van der Waals surface area contributed by atoms with Gasteiger partial charge in [-0.25, -0.2) is 4.98 Å². The lowest BCUT2D eigenvalue weighted by Gasteiger charge is -2.01. The summed E-state index contributed by atoms with van der Waals surface area (Å²) in [5, 5.41) is 17.7. The molecule has 3 N–H and O–H groups in total. The summed E-state index contributed by atoms with van der Waals surface area (Å²) in [6.45, 7) is 0.441. The van der Waals surface area contributed by atoms with E-state index in [9.17, 15) is 9.59 Å². The Hall–Kier alpha value is -1.92. The molecule has 0 aromatic carbocycles. The molecule has 1 aromatic heterocycles. The quantitative estimate of drug-likeness (QED) is 0.605. The van der Waals surface area contributed by atoms with Crippen LogP contribution in [0.2, 0.25) is 0 Å². The smallest absolute Gasteiger partial charge is 0.307 e. The molecule has 0 saturated heterocycles. The number of carbonyl (C=O) groups excluding carboxylic acids is 1. The summed E-state index contributed by atoms with van der Waals surface area (Å²) in [7, 11) is 0. The molecule has 0 bridgehead atoms. The molecule has 16 heavy (non-hydrogen) atoms. The number of aliphatic carboxylic acids is 1. The maximum Gasteiger partial charge on any atom is 0.307 e. The van der Waals surface area contributed by atoms with E-state index in [0.29, 0.717) is 25.2 Å². The zero-order valence-corrected chi connectivity index (χ0v) is 8.51. The lowest BCUT2D eigenvalue weighted by Crippen LogP contribution is -2.28. The lowest BCUT2D eigenvalue weighted by molar-refractivity contribution is -0.140. The van der Waals surface area contributed by atoms with Crippen molar-refractivity contribution in [3.05, 3.63) is 12.2 Å². The highest BCUT2D eigenvalue weighted by Gasteiger charge is 2.48. The molecule has 1 fully saturated rings. The molecule has 0 radical (unpaired) electrons. The van der Waals surface area contributed by atoms with E-state index < -0.39 is 11.9 Å². The number of carboxylic acid groups (broad SMARTS) is 1. The fourth-order valence-corrected chi connectivity index (χ4v) is 1.54. The Morgan fingerprint density at radius 3 is 2.94 bits per heavy atom. The van der Waals surface area contributed by atoms with Gasteiger partial charge in [0, 0.05) is 13.0 Å². The number of aromatic amines is 1. The third-order valence-corrected chi connectivity index (χ3v) is 2.57. The molecule has 7 heteroatoms. The van der Waals surface area contributed by atoms with Gasteiger partial charge in [-0.3, -0.25) is 14.7 Å². The van der Waals surface area contributed by atoms with Crippen molar-refractivity contribution in [3.63, 3.8) is 0 Å². The average Bonchev–Trinajstić information content (AvgIpc) is 2.90. The van der Waals surface area contributed by atoms with Crippen LogP contribution in [0.4, 0.5) is 0 Å². The van der Waals surface area contributed by atoms with Gasteiger partial charge in [0.15, 0.2) is 0 Å². The van der Waals surface area contributed by atoms with E-state index in [1.54, 1.807) is 0 Å². The number of H-pyrrole nitrogens is 1. The Labute approximate surface area is 91.3 Å². The highest BCUT2D eigenvalue weighted by molar-refractivity contribution is 5.89. The van der Waals surface area contributed by atoms with E-state index in [4.69, 9.17) is 5.11 Å². The van der Waals surface area contributed by atoms with Crippen LogP contribution in [-0.4, -0.2) is 38.7 Å². The lowest BCUT2D eigenvalue weighted by atomic mass is 10.3. The standard InChI is InChI=1S/C9H12N4O3/c14-8(5-3-6(5)9(15)16)10-2-1-7-11-4-12-13-7/h4-6H,1-3H2,(H,10,14)(H,15,16)(H,11,12,13). The van der Waals surface area contributed by atoms with Crippen LogP contribution in [0.1, 0.15) is 12.2 Å². The van der Waals surface area contributed by atoms with E-state index in [0.717, 1.165) is 0 Å². The number of carboxylic acids is 1. The molecule has 1 amide bonds. The molecule has 1 aliphatic rings. The van der Waals surface area contributed by atoms with Crippen LogP contribution in [-0.2, 0) is 16.0 Å². The summed E-state index contributed by atoms with van der Waals surface area (Å²) in [5.74, 6) is -1.23. The number of rotatable bonds is 5. The molecule has 0 spiro atoms. The summed E-state index contributed by atoms with van der Waals surface area (Å²) in [6.07, 6.45) is 2.41. The third kappa shape index (κ3) is 2.36. The second-order valence-corrected chi connectivity index (χ2v) is 3.76. The molecule has 0 aliphatic heterocycles. The highest BCUT2D eigenvalue weighted by Crippen LogP contribution is 2.38. The van der Waals surface area contributed by atoms with Crippen molar-refractivity contribution in [3.8, 4) is 0 Å². The number of nitrogens with zero attached hydrogens (tertiary/aromatic N) is 2. The van der Waals surface area contributed by atoms with Crippen molar-refractivity contribution in [1.29, 1.82) is 0 Å². The van der Waals surface area contributed by atoms with E-state index in [1.807, 2.05) is 0 Å². The maximum atomic E-state index is 11.4. The molecule has 2 atom stereocenters. The van der Waals surface area contributed by atoms with Crippen molar-refractivity contribution < 1.29 is 14.7 Å². The predicted molar refractivity (Wildman–Crippen MR) is 52.3 cm³/mol. The molecule has 1 aliphatic carbocycles. The van der Waals surface area contributed by atoms with Crippen molar-refractivity contribution in [2.75, 3.05) is 6.54 Å². The number of hydrogen-bond acceptors (Lipinski definition) is 4. The zero-order valence-electron chi connectivity index (χ0n) is 8.51. The summed E-state index contributed by atoms with van der Waals surface area (Å²) >= 11 is 0. The van der Waals surface area contributed by atoms with Gasteiger partial charge in [0.2, 0.25) is 5.91 Å². The summed E-state index contributed by atoms with van der Waals surface area (Å²) < 4.78 is 0. The van der Waals surface area contributed by atoms with Crippen LogP contribution < -0.4 is 5.32 Å². The SMILES string of the molecule is O=C(O)C1CC1C(=O)NCCc1ncn[nH]1. The van der Waals surface area contributed by atoms with Gasteiger partial charge < -0.3 is 10.4 Å². The second kappa shape index (κ2) is 4.30. The molecule has 2 rings (SSSR count). The highest BCUT2D eigenvalue weighted by atomic mass is 16.4. The topological polar surface area (TPSA) is 108 Å². The van der Waals surface area contributed by atoms with Gasteiger partial charge in [0.05, 0.1) is 11.8 Å². The monoisotopic (exact) mass is 224 g/mol. The van der Waals surface area contributed by atoms with Crippen LogP contribution in [0.15, 0.2) is 6.33 Å². The van der Waals surface area contributed by atoms with Gasteiger partial charge in [-0.15, -0.1) is 0 Å². The molecule has 2 unspecified atom stereocenters. The van der Waals surface area contributed by atoms with Crippen LogP contribution in [0.3, 0.4) is 0 Å². The third-order valence-electron chi connectivity index (χ3n) is 2.57. The first-order chi connectivity index (χ1) is 7.68. The van der Waals surface area contributed by atoms with Crippen LogP contribution >= 0.6 is 0 Å². The Balaban J connectivity index is 1.68. The van der Waals surface area contributed by atoms with Crippen molar-refractivity contribution >= 4 is 11.9 Å². The molecular formula is C9H12N4O3. The molecule has 1 saturated carbocycles. The van der Waals surface area contributed by atoms with Crippen LogP contribution in [0.5, 0.6) is 0 Å². The molecule has 1 heterocycles. The number of amides is 1. The first kappa shape index (κ1) is 10.6. The van der Waals surface area contributed by atoms with Gasteiger partial charge in [0.25, 0.3) is 0 Å². The molecule has 1 aromatic rings. The predicted octanol–water partition coefficient (Wildman–Crippen LogP) is -0.816. The molecule has 86 valence electrons. The van der Waals surface area contributed by atoms with Crippen LogP contribution in [0.25, 0.3) is 0 Å². The maximum absolute atomic E-state index is 11.4. The van der Waals surface area contributed by atoms with E-state index in [1.165, 1.54) is 6.33 Å². The fraction of sp³-hybridized carbons (Fsp3) is 0.556. The van der Waals surface area contributed by atoms with E-state index in [-0.39, 0.29) is 11.8 Å². The normalized spacial score (nSPS) is 22.8. The van der Waals surface area contributed by atoms with Gasteiger partial charge in [-0.1, -0.05) is 0 Å². The number of hydrogen-bond donors (Lipinski definition) is 3. The van der Waals surface area contributed by atoms with Crippen molar-refractivity contribution in [2.45, 2.75) is 12.8 Å².